The molecule has 0 aliphatic rings. The molecule has 7 nitrogen and oxygen atoms in total. The molecule has 0 bridgehead atoms. The lowest BCUT2D eigenvalue weighted by Crippen LogP contribution is -2.31. The van der Waals surface area contributed by atoms with Gasteiger partial charge in [-0.2, -0.15) is 0 Å². The third-order valence-electron chi connectivity index (χ3n) is 3.00. The van der Waals surface area contributed by atoms with E-state index in [1.165, 1.54) is 19.2 Å². The second-order valence-corrected chi connectivity index (χ2v) is 7.04. The highest BCUT2D eigenvalue weighted by Gasteiger charge is 2.22. The molecule has 1 aromatic carbocycles. The van der Waals surface area contributed by atoms with Crippen LogP contribution in [0, 0.1) is 0 Å². The quantitative estimate of drug-likeness (QED) is 0.559. The first-order valence-corrected chi connectivity index (χ1v) is 8.93. The number of rotatable bonds is 9. The Bertz CT molecular complexity index is 636. The number of benzene rings is 1. The normalized spacial score (nSPS) is 11.0. The molecule has 0 atom stereocenters. The van der Waals surface area contributed by atoms with Crippen LogP contribution in [0.25, 0.3) is 0 Å². The molecule has 24 heavy (non-hydrogen) atoms. The highest BCUT2D eigenvalue weighted by molar-refractivity contribution is 7.89. The van der Waals surface area contributed by atoms with Gasteiger partial charge in [0.25, 0.3) is 5.91 Å². The Morgan fingerprint density at radius 3 is 2.46 bits per heavy atom. The van der Waals surface area contributed by atoms with Gasteiger partial charge in [-0.15, -0.1) is 12.4 Å². The van der Waals surface area contributed by atoms with Crippen molar-refractivity contribution in [3.8, 4) is 5.75 Å². The van der Waals surface area contributed by atoms with Crippen molar-refractivity contribution in [2.75, 3.05) is 27.2 Å². The molecule has 0 saturated heterocycles. The average molecular weight is 380 g/mol. The second kappa shape index (κ2) is 10.5. The van der Waals surface area contributed by atoms with Gasteiger partial charge in [-0.1, -0.05) is 0 Å². The Morgan fingerprint density at radius 2 is 1.92 bits per heavy atom. The number of hydrogen-bond donors (Lipinski definition) is 3. The van der Waals surface area contributed by atoms with Crippen molar-refractivity contribution in [1.29, 1.82) is 0 Å². The summed E-state index contributed by atoms with van der Waals surface area (Å²) in [5, 5.41) is 5.74. The van der Waals surface area contributed by atoms with Gasteiger partial charge in [-0.25, -0.2) is 13.1 Å². The van der Waals surface area contributed by atoms with E-state index in [0.29, 0.717) is 6.54 Å². The number of halogens is 1. The van der Waals surface area contributed by atoms with Crippen molar-refractivity contribution in [3.05, 3.63) is 23.8 Å². The molecular weight excluding hydrogens is 354 g/mol. The minimum Gasteiger partial charge on any atom is -0.495 e. The van der Waals surface area contributed by atoms with E-state index in [1.54, 1.807) is 19.9 Å². The molecule has 0 spiro atoms. The van der Waals surface area contributed by atoms with Gasteiger partial charge in [-0.3, -0.25) is 4.79 Å². The summed E-state index contributed by atoms with van der Waals surface area (Å²) in [5.41, 5.74) is 0.277. The van der Waals surface area contributed by atoms with Crippen LogP contribution in [-0.4, -0.2) is 47.6 Å². The first-order chi connectivity index (χ1) is 10.8. The minimum absolute atomic E-state index is 0. The molecule has 0 aromatic heterocycles. The van der Waals surface area contributed by atoms with Gasteiger partial charge >= 0.3 is 0 Å². The highest BCUT2D eigenvalue weighted by Crippen LogP contribution is 2.25. The summed E-state index contributed by atoms with van der Waals surface area (Å²) in [6.07, 6.45) is 0.790. The lowest BCUT2D eigenvalue weighted by atomic mass is 10.2. The van der Waals surface area contributed by atoms with Crippen molar-refractivity contribution in [3.63, 3.8) is 0 Å². The molecule has 9 heteroatoms. The van der Waals surface area contributed by atoms with E-state index in [0.717, 1.165) is 13.0 Å². The number of hydrogen-bond acceptors (Lipinski definition) is 5. The zero-order valence-corrected chi connectivity index (χ0v) is 16.0. The van der Waals surface area contributed by atoms with E-state index >= 15 is 0 Å². The fourth-order valence-corrected chi connectivity index (χ4v) is 3.42. The molecule has 1 rings (SSSR count). The predicted octanol–water partition coefficient (Wildman–Crippen LogP) is 1.14. The Morgan fingerprint density at radius 1 is 1.25 bits per heavy atom. The topological polar surface area (TPSA) is 96.5 Å². The summed E-state index contributed by atoms with van der Waals surface area (Å²) in [4.78, 5) is 12.1. The maximum absolute atomic E-state index is 12.4. The maximum atomic E-state index is 12.4. The van der Waals surface area contributed by atoms with Crippen molar-refractivity contribution in [1.82, 2.24) is 15.4 Å². The first-order valence-electron chi connectivity index (χ1n) is 7.45. The Balaban J connectivity index is 0.00000529. The molecule has 1 aromatic rings. The van der Waals surface area contributed by atoms with Gasteiger partial charge in [0.15, 0.2) is 0 Å². The largest absolute Gasteiger partial charge is 0.495 e. The number of amides is 1. The molecule has 0 saturated carbocycles. The smallest absolute Gasteiger partial charge is 0.251 e. The third kappa shape index (κ3) is 6.64. The van der Waals surface area contributed by atoms with E-state index in [9.17, 15) is 13.2 Å². The van der Waals surface area contributed by atoms with E-state index in [4.69, 9.17) is 4.74 Å². The third-order valence-corrected chi connectivity index (χ3v) is 4.68. The Labute approximate surface area is 150 Å². The molecule has 1 amide bonds. The zero-order chi connectivity index (χ0) is 17.5. The van der Waals surface area contributed by atoms with Gasteiger partial charge in [0, 0.05) is 18.2 Å². The van der Waals surface area contributed by atoms with Crippen LogP contribution in [0.2, 0.25) is 0 Å². The predicted molar refractivity (Wildman–Crippen MR) is 96.6 cm³/mol. The standard InChI is InChI=1S/C15H25N3O4S.ClH/c1-11(2)18-23(20,21)14-10-12(6-7-13(14)22-4)15(19)17-9-5-8-16-3;/h6-7,10-11,16,18H,5,8-9H2,1-4H3,(H,17,19);1H. The lowest BCUT2D eigenvalue weighted by Gasteiger charge is -2.14. The number of methoxy groups -OCH3 is 1. The lowest BCUT2D eigenvalue weighted by molar-refractivity contribution is 0.0953. The summed E-state index contributed by atoms with van der Waals surface area (Å²) in [5.74, 6) is -0.116. The molecule has 138 valence electrons. The number of ether oxygens (including phenoxy) is 1. The number of carbonyl (C=O) groups excluding carboxylic acids is 1. The summed E-state index contributed by atoms with van der Waals surface area (Å²) in [7, 11) is -0.525. The fourth-order valence-electron chi connectivity index (χ4n) is 1.97. The maximum Gasteiger partial charge on any atom is 0.251 e. The Kier molecular flexibility index (Phi) is 9.91. The molecule has 0 radical (unpaired) electrons. The zero-order valence-electron chi connectivity index (χ0n) is 14.4. The van der Waals surface area contributed by atoms with Crippen molar-refractivity contribution in [2.24, 2.45) is 0 Å². The van der Waals surface area contributed by atoms with Crippen LogP contribution in [0.4, 0.5) is 0 Å². The SMILES string of the molecule is CNCCCNC(=O)c1ccc(OC)c(S(=O)(=O)NC(C)C)c1.Cl. The molecule has 0 heterocycles. The highest BCUT2D eigenvalue weighted by atomic mass is 35.5. The van der Waals surface area contributed by atoms with Crippen molar-refractivity contribution in [2.45, 2.75) is 31.2 Å². The second-order valence-electron chi connectivity index (χ2n) is 5.35. The molecular formula is C15H26ClN3O4S. The summed E-state index contributed by atoms with van der Waals surface area (Å²) < 4.78 is 32.3. The average Bonchev–Trinajstić information content (AvgIpc) is 2.49. The first kappa shape index (κ1) is 22.6. The van der Waals surface area contributed by atoms with Crippen LogP contribution in [-0.2, 0) is 10.0 Å². The minimum atomic E-state index is -3.75. The fraction of sp³-hybridized carbons (Fsp3) is 0.533. The molecule has 0 aliphatic heterocycles. The summed E-state index contributed by atoms with van der Waals surface area (Å²) in [6.45, 7) is 4.75. The van der Waals surface area contributed by atoms with Crippen LogP contribution in [0.3, 0.4) is 0 Å². The molecule has 3 N–H and O–H groups in total. The van der Waals surface area contributed by atoms with E-state index in [-0.39, 0.29) is 40.6 Å². The van der Waals surface area contributed by atoms with Crippen LogP contribution in [0.5, 0.6) is 5.75 Å². The van der Waals surface area contributed by atoms with Gasteiger partial charge in [-0.05, 0) is 52.1 Å². The van der Waals surface area contributed by atoms with Gasteiger partial charge in [0.05, 0.1) is 7.11 Å². The van der Waals surface area contributed by atoms with E-state index in [1.807, 2.05) is 7.05 Å². The van der Waals surface area contributed by atoms with Crippen molar-refractivity contribution >= 4 is 28.3 Å². The van der Waals surface area contributed by atoms with E-state index < -0.39 is 10.0 Å². The molecule has 0 aliphatic carbocycles. The number of carbonyl (C=O) groups is 1. The van der Waals surface area contributed by atoms with Crippen molar-refractivity contribution < 1.29 is 17.9 Å². The molecule has 0 fully saturated rings. The van der Waals surface area contributed by atoms with Gasteiger partial charge in [0.2, 0.25) is 10.0 Å². The van der Waals surface area contributed by atoms with Gasteiger partial charge in [0.1, 0.15) is 10.6 Å². The number of sulfonamides is 1. The number of nitrogens with one attached hydrogen (secondary N) is 3. The van der Waals surface area contributed by atoms with E-state index in [2.05, 4.69) is 15.4 Å². The summed E-state index contributed by atoms with van der Waals surface area (Å²) in [6, 6.07) is 4.10. The monoisotopic (exact) mass is 379 g/mol. The van der Waals surface area contributed by atoms with Crippen LogP contribution in [0.15, 0.2) is 23.1 Å². The van der Waals surface area contributed by atoms with Crippen LogP contribution < -0.4 is 20.1 Å². The van der Waals surface area contributed by atoms with Crippen LogP contribution in [0.1, 0.15) is 30.6 Å². The van der Waals surface area contributed by atoms with Crippen LogP contribution >= 0.6 is 12.4 Å². The Hall–Kier alpha value is -1.35. The molecule has 0 unspecified atom stereocenters. The van der Waals surface area contributed by atoms with Gasteiger partial charge < -0.3 is 15.4 Å². The summed E-state index contributed by atoms with van der Waals surface area (Å²) >= 11 is 0.